The average molecular weight is 269 g/mol. The third-order valence-corrected chi connectivity index (χ3v) is 3.96. The van der Waals surface area contributed by atoms with Gasteiger partial charge in [0.1, 0.15) is 5.01 Å². The molecule has 2 rings (SSSR count). The summed E-state index contributed by atoms with van der Waals surface area (Å²) in [5, 5.41) is 20.6. The van der Waals surface area contributed by atoms with Gasteiger partial charge in [0.25, 0.3) is 0 Å². The molecular formula is C11H15N3O3S. The Morgan fingerprint density at radius 2 is 2.00 bits per heavy atom. The molecule has 98 valence electrons. The van der Waals surface area contributed by atoms with Crippen molar-refractivity contribution < 1.29 is 14.7 Å². The van der Waals surface area contributed by atoms with Gasteiger partial charge in [0, 0.05) is 0 Å². The molecule has 1 aromatic rings. The summed E-state index contributed by atoms with van der Waals surface area (Å²) >= 11 is 1.28. The predicted octanol–water partition coefficient (Wildman–Crippen LogP) is 1.53. The van der Waals surface area contributed by atoms with Crippen LogP contribution < -0.4 is 5.32 Å². The van der Waals surface area contributed by atoms with E-state index >= 15 is 0 Å². The Kier molecular flexibility index (Phi) is 3.60. The summed E-state index contributed by atoms with van der Waals surface area (Å²) in [6.07, 6.45) is 1.17. The Morgan fingerprint density at radius 3 is 2.56 bits per heavy atom. The van der Waals surface area contributed by atoms with Gasteiger partial charge in [-0.05, 0) is 25.7 Å². The van der Waals surface area contributed by atoms with Crippen molar-refractivity contribution >= 4 is 28.3 Å². The molecule has 0 aliphatic heterocycles. The molecule has 6 nitrogen and oxygen atoms in total. The Labute approximate surface area is 108 Å². The zero-order valence-electron chi connectivity index (χ0n) is 10.2. The maximum absolute atomic E-state index is 12.0. The van der Waals surface area contributed by atoms with Gasteiger partial charge in [-0.2, -0.15) is 0 Å². The van der Waals surface area contributed by atoms with Crippen LogP contribution in [-0.2, 0) is 9.59 Å². The second-order valence-electron chi connectivity index (χ2n) is 4.74. The molecule has 0 aromatic carbocycles. The SMILES string of the molecule is Cc1nnc(NC(=O)[C@H]2CC(C)C[C@H]2C(=O)O)s1. The van der Waals surface area contributed by atoms with E-state index in [1.54, 1.807) is 6.92 Å². The number of carboxylic acid groups (broad SMARTS) is 1. The molecule has 1 aliphatic rings. The molecule has 1 heterocycles. The average Bonchev–Trinajstić information content (AvgIpc) is 2.85. The van der Waals surface area contributed by atoms with Crippen LogP contribution in [0.3, 0.4) is 0 Å². The number of nitrogens with zero attached hydrogens (tertiary/aromatic N) is 2. The van der Waals surface area contributed by atoms with E-state index in [2.05, 4.69) is 15.5 Å². The summed E-state index contributed by atoms with van der Waals surface area (Å²) in [5.41, 5.74) is 0. The largest absolute Gasteiger partial charge is 0.481 e. The van der Waals surface area contributed by atoms with Gasteiger partial charge in [-0.15, -0.1) is 10.2 Å². The van der Waals surface area contributed by atoms with Crippen molar-refractivity contribution in [2.75, 3.05) is 5.32 Å². The molecule has 2 N–H and O–H groups in total. The quantitative estimate of drug-likeness (QED) is 0.868. The number of aliphatic carboxylic acids is 1. The van der Waals surface area contributed by atoms with Crippen LogP contribution in [0.5, 0.6) is 0 Å². The van der Waals surface area contributed by atoms with Gasteiger partial charge >= 0.3 is 5.97 Å². The van der Waals surface area contributed by atoms with Gasteiger partial charge in [0.15, 0.2) is 0 Å². The molecule has 0 saturated heterocycles. The summed E-state index contributed by atoms with van der Waals surface area (Å²) in [5.74, 6) is -1.95. The third-order valence-electron chi connectivity index (χ3n) is 3.21. The standard InChI is InChI=1S/C11H15N3O3S/c1-5-3-7(8(4-5)10(16)17)9(15)12-11-14-13-6(2)18-11/h5,7-8H,3-4H2,1-2H3,(H,16,17)(H,12,14,15)/t5?,7-,8+/m0/s1. The number of carbonyl (C=O) groups excluding carboxylic acids is 1. The minimum Gasteiger partial charge on any atom is -0.481 e. The second kappa shape index (κ2) is 5.01. The number of hydrogen-bond acceptors (Lipinski definition) is 5. The first-order valence-corrected chi connectivity index (χ1v) is 6.62. The lowest BCUT2D eigenvalue weighted by Gasteiger charge is -2.13. The molecule has 1 amide bonds. The van der Waals surface area contributed by atoms with Crippen LogP contribution >= 0.6 is 11.3 Å². The van der Waals surface area contributed by atoms with E-state index in [9.17, 15) is 9.59 Å². The molecule has 1 aliphatic carbocycles. The monoisotopic (exact) mass is 269 g/mol. The van der Waals surface area contributed by atoms with Crippen LogP contribution in [0.4, 0.5) is 5.13 Å². The van der Waals surface area contributed by atoms with Crippen LogP contribution in [0.25, 0.3) is 0 Å². The minimum atomic E-state index is -0.895. The molecule has 1 saturated carbocycles. The smallest absolute Gasteiger partial charge is 0.307 e. The first kappa shape index (κ1) is 12.9. The Bertz CT molecular complexity index is 474. The first-order chi connectivity index (χ1) is 8.47. The molecule has 0 radical (unpaired) electrons. The highest BCUT2D eigenvalue weighted by Gasteiger charge is 2.41. The number of carboxylic acids is 1. The van der Waals surface area contributed by atoms with E-state index in [1.165, 1.54) is 11.3 Å². The minimum absolute atomic E-state index is 0.261. The number of rotatable bonds is 3. The van der Waals surface area contributed by atoms with Crippen molar-refractivity contribution in [2.24, 2.45) is 17.8 Å². The van der Waals surface area contributed by atoms with Gasteiger partial charge in [-0.1, -0.05) is 18.3 Å². The van der Waals surface area contributed by atoms with Crippen molar-refractivity contribution in [3.05, 3.63) is 5.01 Å². The second-order valence-corrected chi connectivity index (χ2v) is 5.92. The topological polar surface area (TPSA) is 92.2 Å². The lowest BCUT2D eigenvalue weighted by Crippen LogP contribution is -2.29. The fraction of sp³-hybridized carbons (Fsp3) is 0.636. The van der Waals surface area contributed by atoms with E-state index in [0.29, 0.717) is 18.0 Å². The van der Waals surface area contributed by atoms with Gasteiger partial charge in [-0.3, -0.25) is 9.59 Å². The molecule has 3 atom stereocenters. The molecular weight excluding hydrogens is 254 g/mol. The summed E-state index contributed by atoms with van der Waals surface area (Å²) in [6.45, 7) is 3.77. The maximum atomic E-state index is 12.0. The molecule has 0 bridgehead atoms. The number of hydrogen-bond donors (Lipinski definition) is 2. The number of amides is 1. The van der Waals surface area contributed by atoms with E-state index in [1.807, 2.05) is 6.92 Å². The highest BCUT2D eigenvalue weighted by Crippen LogP contribution is 2.37. The first-order valence-electron chi connectivity index (χ1n) is 5.81. The number of aryl methyl sites for hydroxylation is 1. The Hall–Kier alpha value is -1.50. The molecule has 0 spiro atoms. The number of anilines is 1. The zero-order chi connectivity index (χ0) is 13.3. The molecule has 1 unspecified atom stereocenters. The predicted molar refractivity (Wildman–Crippen MR) is 66.3 cm³/mol. The normalized spacial score (nSPS) is 27.1. The Morgan fingerprint density at radius 1 is 1.33 bits per heavy atom. The number of nitrogens with one attached hydrogen (secondary N) is 1. The van der Waals surface area contributed by atoms with E-state index in [-0.39, 0.29) is 11.8 Å². The van der Waals surface area contributed by atoms with Crippen LogP contribution in [0.2, 0.25) is 0 Å². The van der Waals surface area contributed by atoms with Crippen LogP contribution in [-0.4, -0.2) is 27.2 Å². The van der Waals surface area contributed by atoms with Gasteiger partial charge in [-0.25, -0.2) is 0 Å². The number of aromatic nitrogens is 2. The number of carbonyl (C=O) groups is 2. The van der Waals surface area contributed by atoms with Crippen molar-refractivity contribution in [3.8, 4) is 0 Å². The fourth-order valence-corrected chi connectivity index (χ4v) is 2.99. The van der Waals surface area contributed by atoms with E-state index in [4.69, 9.17) is 5.11 Å². The molecule has 7 heteroatoms. The summed E-state index contributed by atoms with van der Waals surface area (Å²) < 4.78 is 0. The Balaban J connectivity index is 2.06. The fourth-order valence-electron chi connectivity index (χ4n) is 2.40. The van der Waals surface area contributed by atoms with Crippen LogP contribution in [0.15, 0.2) is 0 Å². The summed E-state index contributed by atoms with van der Waals surface area (Å²) in [6, 6.07) is 0. The maximum Gasteiger partial charge on any atom is 0.307 e. The lowest BCUT2D eigenvalue weighted by molar-refractivity contribution is -0.145. The molecule has 18 heavy (non-hydrogen) atoms. The molecule has 1 aromatic heterocycles. The van der Waals surface area contributed by atoms with Crippen molar-refractivity contribution in [3.63, 3.8) is 0 Å². The highest BCUT2D eigenvalue weighted by molar-refractivity contribution is 7.15. The van der Waals surface area contributed by atoms with Gasteiger partial charge < -0.3 is 10.4 Å². The van der Waals surface area contributed by atoms with Crippen molar-refractivity contribution in [1.29, 1.82) is 0 Å². The lowest BCUT2D eigenvalue weighted by atomic mass is 9.95. The van der Waals surface area contributed by atoms with E-state index in [0.717, 1.165) is 5.01 Å². The summed E-state index contributed by atoms with van der Waals surface area (Å²) in [7, 11) is 0. The van der Waals surface area contributed by atoms with Crippen molar-refractivity contribution in [1.82, 2.24) is 10.2 Å². The van der Waals surface area contributed by atoms with E-state index < -0.39 is 17.8 Å². The third kappa shape index (κ3) is 2.66. The highest BCUT2D eigenvalue weighted by atomic mass is 32.1. The van der Waals surface area contributed by atoms with Crippen molar-refractivity contribution in [2.45, 2.75) is 26.7 Å². The zero-order valence-corrected chi connectivity index (χ0v) is 11.0. The van der Waals surface area contributed by atoms with Gasteiger partial charge in [0.2, 0.25) is 11.0 Å². The van der Waals surface area contributed by atoms with Gasteiger partial charge in [0.05, 0.1) is 11.8 Å². The molecule has 1 fully saturated rings. The van der Waals surface area contributed by atoms with Crippen LogP contribution in [0, 0.1) is 24.7 Å². The van der Waals surface area contributed by atoms with Crippen LogP contribution in [0.1, 0.15) is 24.8 Å². The summed E-state index contributed by atoms with van der Waals surface area (Å²) in [4.78, 5) is 23.2.